The van der Waals surface area contributed by atoms with E-state index in [4.69, 9.17) is 23.2 Å². The van der Waals surface area contributed by atoms with Gasteiger partial charge in [0.05, 0.1) is 10.5 Å². The molecule has 4 rings (SSSR count). The number of rotatable bonds is 4. The molecule has 0 unspecified atom stereocenters. The van der Waals surface area contributed by atoms with Crippen LogP contribution in [0.25, 0.3) is 10.9 Å². The molecule has 0 fully saturated rings. The lowest BCUT2D eigenvalue weighted by Crippen LogP contribution is -2.21. The molecule has 1 aliphatic heterocycles. The molecule has 6 heteroatoms. The summed E-state index contributed by atoms with van der Waals surface area (Å²) in [7, 11) is 0. The average molecular weight is 416 g/mol. The lowest BCUT2D eigenvalue weighted by Gasteiger charge is -2.13. The Morgan fingerprint density at radius 3 is 2.82 bits per heavy atom. The number of hydrogen-bond acceptors (Lipinski definition) is 2. The third-order valence-electron chi connectivity index (χ3n) is 5.31. The Morgan fingerprint density at radius 2 is 2.00 bits per heavy atom. The predicted octanol–water partition coefficient (Wildman–Crippen LogP) is 4.84. The Bertz CT molecular complexity index is 1040. The molecule has 0 atom stereocenters. The van der Waals surface area contributed by atoms with Crippen LogP contribution in [-0.2, 0) is 30.6 Å². The molecular weight excluding hydrogens is 393 g/mol. The summed E-state index contributed by atoms with van der Waals surface area (Å²) in [6, 6.07) is 11.7. The smallest absolute Gasteiger partial charge is 0.244 e. The van der Waals surface area contributed by atoms with E-state index in [0.29, 0.717) is 10.0 Å². The fourth-order valence-corrected chi connectivity index (χ4v) is 4.62. The number of anilines is 1. The zero-order chi connectivity index (χ0) is 19.7. The minimum Gasteiger partial charge on any atom is -0.334 e. The molecule has 2 aromatic carbocycles. The zero-order valence-corrected chi connectivity index (χ0v) is 17.3. The standard InChI is InChI=1S/C22H23Cl2N3O/c1-2-14-4-3-5-16(10-14)26-21(28)13-27-20-7-9-25-8-6-17(20)18-11-15(23)12-19(24)22(18)27/h3-5,10-12,25H,2,6-9,13H2,1H3,(H,26,28). The normalized spacial score (nSPS) is 14.0. The highest BCUT2D eigenvalue weighted by Gasteiger charge is 2.22. The van der Waals surface area contributed by atoms with E-state index in [2.05, 4.69) is 28.2 Å². The van der Waals surface area contributed by atoms with Gasteiger partial charge in [0.1, 0.15) is 6.54 Å². The van der Waals surface area contributed by atoms with Crippen LogP contribution in [0.5, 0.6) is 0 Å². The predicted molar refractivity (Wildman–Crippen MR) is 117 cm³/mol. The van der Waals surface area contributed by atoms with Crippen LogP contribution in [0.3, 0.4) is 0 Å². The van der Waals surface area contributed by atoms with Gasteiger partial charge in [-0.15, -0.1) is 0 Å². The summed E-state index contributed by atoms with van der Waals surface area (Å²) in [5.74, 6) is -0.0591. The quantitative estimate of drug-likeness (QED) is 0.640. The van der Waals surface area contributed by atoms with Crippen molar-refractivity contribution in [3.05, 3.63) is 63.3 Å². The number of hydrogen-bond donors (Lipinski definition) is 2. The summed E-state index contributed by atoms with van der Waals surface area (Å²) in [6.45, 7) is 4.12. The summed E-state index contributed by atoms with van der Waals surface area (Å²) in [6.07, 6.45) is 2.69. The fourth-order valence-electron chi connectivity index (χ4n) is 4.02. The maximum absolute atomic E-state index is 12.9. The van der Waals surface area contributed by atoms with Gasteiger partial charge >= 0.3 is 0 Å². The molecule has 0 saturated heterocycles. The number of halogens is 2. The Morgan fingerprint density at radius 1 is 1.18 bits per heavy atom. The molecule has 0 radical (unpaired) electrons. The highest BCUT2D eigenvalue weighted by Crippen LogP contribution is 2.35. The Balaban J connectivity index is 1.71. The van der Waals surface area contributed by atoms with E-state index in [9.17, 15) is 4.79 Å². The largest absolute Gasteiger partial charge is 0.334 e. The molecule has 1 aromatic heterocycles. The SMILES string of the molecule is CCc1cccc(NC(=O)Cn2c3c(c4cc(Cl)cc(Cl)c42)CCNCC3)c1. The first kappa shape index (κ1) is 19.3. The number of aryl methyl sites for hydroxylation is 1. The van der Waals surface area contributed by atoms with Crippen molar-refractivity contribution in [1.82, 2.24) is 9.88 Å². The van der Waals surface area contributed by atoms with E-state index < -0.39 is 0 Å². The van der Waals surface area contributed by atoms with Crippen LogP contribution in [0.4, 0.5) is 5.69 Å². The Hall–Kier alpha value is -2.01. The van der Waals surface area contributed by atoms with Gasteiger partial charge in [0, 0.05) is 34.8 Å². The third-order valence-corrected chi connectivity index (χ3v) is 5.81. The number of aromatic nitrogens is 1. The van der Waals surface area contributed by atoms with Crippen molar-refractivity contribution in [2.24, 2.45) is 0 Å². The van der Waals surface area contributed by atoms with E-state index in [1.807, 2.05) is 24.3 Å². The van der Waals surface area contributed by atoms with Crippen LogP contribution in [0.2, 0.25) is 10.0 Å². The molecule has 28 heavy (non-hydrogen) atoms. The summed E-state index contributed by atoms with van der Waals surface area (Å²) >= 11 is 12.8. The molecule has 0 spiro atoms. The molecule has 0 bridgehead atoms. The molecule has 2 heterocycles. The lowest BCUT2D eigenvalue weighted by molar-refractivity contribution is -0.116. The average Bonchev–Trinajstić information content (AvgIpc) is 2.83. The van der Waals surface area contributed by atoms with E-state index in [1.165, 1.54) is 16.8 Å². The lowest BCUT2D eigenvalue weighted by atomic mass is 10.1. The van der Waals surface area contributed by atoms with Gasteiger partial charge in [-0.25, -0.2) is 0 Å². The van der Waals surface area contributed by atoms with Gasteiger partial charge < -0.3 is 15.2 Å². The van der Waals surface area contributed by atoms with Crippen LogP contribution in [0.15, 0.2) is 36.4 Å². The number of amides is 1. The molecule has 4 nitrogen and oxygen atoms in total. The molecule has 3 aromatic rings. The summed E-state index contributed by atoms with van der Waals surface area (Å²) in [4.78, 5) is 12.9. The van der Waals surface area contributed by atoms with Gasteiger partial charge in [-0.2, -0.15) is 0 Å². The van der Waals surface area contributed by atoms with Crippen LogP contribution in [0, 0.1) is 0 Å². The van der Waals surface area contributed by atoms with Gasteiger partial charge in [-0.05, 0) is 54.8 Å². The second kappa shape index (κ2) is 8.16. The maximum Gasteiger partial charge on any atom is 0.244 e. The molecule has 0 aliphatic carbocycles. The second-order valence-corrected chi connectivity index (χ2v) is 7.99. The topological polar surface area (TPSA) is 46.1 Å². The maximum atomic E-state index is 12.9. The van der Waals surface area contributed by atoms with Crippen molar-refractivity contribution < 1.29 is 4.79 Å². The van der Waals surface area contributed by atoms with E-state index >= 15 is 0 Å². The fraction of sp³-hybridized carbons (Fsp3) is 0.318. The van der Waals surface area contributed by atoms with Gasteiger partial charge in [0.15, 0.2) is 0 Å². The minimum atomic E-state index is -0.0591. The second-order valence-electron chi connectivity index (χ2n) is 7.15. The van der Waals surface area contributed by atoms with Gasteiger partial charge in [-0.1, -0.05) is 42.3 Å². The summed E-state index contributed by atoms with van der Waals surface area (Å²) in [5, 5.41) is 8.72. The highest BCUT2D eigenvalue weighted by atomic mass is 35.5. The first-order valence-electron chi connectivity index (χ1n) is 9.65. The van der Waals surface area contributed by atoms with Crippen LogP contribution in [0.1, 0.15) is 23.7 Å². The molecule has 1 aliphatic rings. The monoisotopic (exact) mass is 415 g/mol. The van der Waals surface area contributed by atoms with E-state index in [1.54, 1.807) is 6.07 Å². The number of nitrogens with one attached hydrogen (secondary N) is 2. The minimum absolute atomic E-state index is 0.0591. The summed E-state index contributed by atoms with van der Waals surface area (Å²) < 4.78 is 2.06. The number of fused-ring (bicyclic) bond motifs is 3. The van der Waals surface area contributed by atoms with Crippen molar-refractivity contribution in [1.29, 1.82) is 0 Å². The van der Waals surface area contributed by atoms with Crippen molar-refractivity contribution >= 4 is 45.7 Å². The first-order chi connectivity index (χ1) is 13.6. The van der Waals surface area contributed by atoms with Crippen molar-refractivity contribution in [2.45, 2.75) is 32.7 Å². The van der Waals surface area contributed by atoms with Crippen molar-refractivity contribution in [2.75, 3.05) is 18.4 Å². The molecular formula is C22H23Cl2N3O. The van der Waals surface area contributed by atoms with Crippen LogP contribution in [-0.4, -0.2) is 23.6 Å². The molecule has 0 saturated carbocycles. The number of carbonyl (C=O) groups is 1. The van der Waals surface area contributed by atoms with Crippen LogP contribution >= 0.6 is 23.2 Å². The summed E-state index contributed by atoms with van der Waals surface area (Å²) in [5.41, 5.74) is 5.33. The van der Waals surface area contributed by atoms with Crippen molar-refractivity contribution in [3.8, 4) is 0 Å². The molecule has 1 amide bonds. The third kappa shape index (κ3) is 3.77. The number of carbonyl (C=O) groups excluding carboxylic acids is 1. The van der Waals surface area contributed by atoms with Crippen LogP contribution < -0.4 is 10.6 Å². The van der Waals surface area contributed by atoms with Crippen molar-refractivity contribution in [3.63, 3.8) is 0 Å². The van der Waals surface area contributed by atoms with Gasteiger partial charge in [0.2, 0.25) is 5.91 Å². The molecule has 2 N–H and O–H groups in total. The van der Waals surface area contributed by atoms with E-state index in [0.717, 1.165) is 48.9 Å². The van der Waals surface area contributed by atoms with Gasteiger partial charge in [-0.3, -0.25) is 4.79 Å². The molecule has 146 valence electrons. The Kier molecular flexibility index (Phi) is 5.63. The number of nitrogens with zero attached hydrogens (tertiary/aromatic N) is 1. The zero-order valence-electron chi connectivity index (χ0n) is 15.8. The highest BCUT2D eigenvalue weighted by molar-refractivity contribution is 6.38. The number of benzene rings is 2. The van der Waals surface area contributed by atoms with E-state index in [-0.39, 0.29) is 12.5 Å². The van der Waals surface area contributed by atoms with Gasteiger partial charge in [0.25, 0.3) is 0 Å². The first-order valence-corrected chi connectivity index (χ1v) is 10.4. The Labute approximate surface area is 174 Å².